The van der Waals surface area contributed by atoms with Crippen LogP contribution in [0, 0.1) is 0 Å². The summed E-state index contributed by atoms with van der Waals surface area (Å²) < 4.78 is 6.29. The molecule has 3 aromatic rings. The Morgan fingerprint density at radius 3 is 2.80 bits per heavy atom. The van der Waals surface area contributed by atoms with Crippen molar-refractivity contribution in [3.8, 4) is 17.0 Å². The molecule has 0 saturated heterocycles. The Hall–Kier alpha value is -1.47. The van der Waals surface area contributed by atoms with Gasteiger partial charge in [-0.1, -0.05) is 39.1 Å². The van der Waals surface area contributed by atoms with Crippen LogP contribution in [0.15, 0.2) is 56.5 Å². The van der Waals surface area contributed by atoms with Crippen LogP contribution in [-0.2, 0) is 6.54 Å². The third-order valence-corrected chi connectivity index (χ3v) is 5.10. The minimum absolute atomic E-state index is 0.402. The van der Waals surface area contributed by atoms with E-state index in [1.165, 1.54) is 11.3 Å². The maximum atomic E-state index is 6.21. The lowest BCUT2D eigenvalue weighted by Crippen LogP contribution is -1.90. The van der Waals surface area contributed by atoms with E-state index in [1.807, 2.05) is 29.6 Å². The molecule has 0 bridgehead atoms. The van der Waals surface area contributed by atoms with Gasteiger partial charge in [-0.15, -0.1) is 16.5 Å². The van der Waals surface area contributed by atoms with Crippen molar-refractivity contribution in [3.63, 3.8) is 0 Å². The lowest BCUT2D eigenvalue weighted by Gasteiger charge is -2.05. The molecular formula is C17H12BrCl2N3OS. The van der Waals surface area contributed by atoms with E-state index < -0.39 is 0 Å². The fourth-order valence-electron chi connectivity index (χ4n) is 2.17. The van der Waals surface area contributed by atoms with Gasteiger partial charge in [0.05, 0.1) is 24.4 Å². The number of ether oxygens (including phenoxy) is 1. The molecule has 0 spiro atoms. The molecule has 128 valence electrons. The summed E-state index contributed by atoms with van der Waals surface area (Å²) >= 11 is 17.0. The minimum Gasteiger partial charge on any atom is -0.496 e. The Balaban J connectivity index is 1.75. The highest BCUT2D eigenvalue weighted by atomic mass is 79.9. The largest absolute Gasteiger partial charge is 0.496 e. The molecule has 0 unspecified atom stereocenters. The molecule has 1 heterocycles. The zero-order valence-corrected chi connectivity index (χ0v) is 17.0. The number of hydrogen-bond donors (Lipinski definition) is 0. The van der Waals surface area contributed by atoms with E-state index >= 15 is 0 Å². The molecule has 0 aliphatic rings. The van der Waals surface area contributed by atoms with Crippen LogP contribution in [0.5, 0.6) is 5.75 Å². The predicted molar refractivity (Wildman–Crippen MR) is 106 cm³/mol. The van der Waals surface area contributed by atoms with E-state index in [1.54, 1.807) is 19.2 Å². The Morgan fingerprint density at radius 2 is 2.04 bits per heavy atom. The Morgan fingerprint density at radius 1 is 1.20 bits per heavy atom. The molecule has 0 aliphatic heterocycles. The predicted octanol–water partition coefficient (Wildman–Crippen LogP) is 7.17. The summed E-state index contributed by atoms with van der Waals surface area (Å²) in [5.41, 5.74) is 2.51. The van der Waals surface area contributed by atoms with Crippen molar-refractivity contribution < 1.29 is 4.74 Å². The standard InChI is InChI=1S/C17H12BrCl2N3OS/c1-24-16-5-2-11(18)6-10(16)8-21-23-17-22-15(9-25-17)13-4-3-12(19)7-14(13)20/h2-7,9H,8H2,1H3. The van der Waals surface area contributed by atoms with Gasteiger partial charge in [0.15, 0.2) is 0 Å². The second-order valence-corrected chi connectivity index (χ2v) is 7.59. The SMILES string of the molecule is COc1ccc(Br)cc1CN=Nc1nc(-c2ccc(Cl)cc2Cl)cs1. The van der Waals surface area contributed by atoms with Crippen LogP contribution in [0.2, 0.25) is 10.0 Å². The second-order valence-electron chi connectivity index (χ2n) is 5.00. The van der Waals surface area contributed by atoms with Gasteiger partial charge in [-0.3, -0.25) is 0 Å². The highest BCUT2D eigenvalue weighted by Crippen LogP contribution is 2.33. The third-order valence-electron chi connectivity index (χ3n) is 3.34. The first-order valence-corrected chi connectivity index (χ1v) is 9.60. The molecule has 0 amide bonds. The quantitative estimate of drug-likeness (QED) is 0.382. The highest BCUT2D eigenvalue weighted by molar-refractivity contribution is 9.10. The van der Waals surface area contributed by atoms with Crippen LogP contribution in [0.4, 0.5) is 5.13 Å². The van der Waals surface area contributed by atoms with Crippen LogP contribution in [0.1, 0.15) is 5.56 Å². The van der Waals surface area contributed by atoms with E-state index in [9.17, 15) is 0 Å². The highest BCUT2D eigenvalue weighted by Gasteiger charge is 2.09. The summed E-state index contributed by atoms with van der Waals surface area (Å²) in [6, 6.07) is 11.1. The smallest absolute Gasteiger partial charge is 0.230 e. The van der Waals surface area contributed by atoms with Crippen molar-refractivity contribution in [1.82, 2.24) is 4.98 Å². The Labute approximate surface area is 167 Å². The van der Waals surface area contributed by atoms with E-state index in [2.05, 4.69) is 31.1 Å². The lowest BCUT2D eigenvalue weighted by atomic mass is 10.2. The van der Waals surface area contributed by atoms with Gasteiger partial charge in [-0.25, -0.2) is 4.98 Å². The summed E-state index contributed by atoms with van der Waals surface area (Å²) in [4.78, 5) is 4.45. The maximum absolute atomic E-state index is 6.21. The van der Waals surface area contributed by atoms with Crippen LogP contribution >= 0.6 is 50.5 Å². The number of azo groups is 1. The summed E-state index contributed by atoms with van der Waals surface area (Å²) in [6.45, 7) is 0.402. The minimum atomic E-state index is 0.402. The molecule has 0 aliphatic carbocycles. The molecule has 0 radical (unpaired) electrons. The molecule has 1 aromatic heterocycles. The summed E-state index contributed by atoms with van der Waals surface area (Å²) in [7, 11) is 1.63. The van der Waals surface area contributed by atoms with Crippen molar-refractivity contribution in [2.24, 2.45) is 10.2 Å². The van der Waals surface area contributed by atoms with Crippen molar-refractivity contribution >= 4 is 55.6 Å². The van der Waals surface area contributed by atoms with Gasteiger partial charge in [0.25, 0.3) is 0 Å². The molecule has 0 N–H and O–H groups in total. The van der Waals surface area contributed by atoms with Crippen LogP contribution in [0.25, 0.3) is 11.3 Å². The van der Waals surface area contributed by atoms with Crippen LogP contribution in [0.3, 0.4) is 0 Å². The fourth-order valence-corrected chi connectivity index (χ4v) is 3.74. The number of halogens is 3. The summed E-state index contributed by atoms with van der Waals surface area (Å²) in [5.74, 6) is 0.773. The number of methoxy groups -OCH3 is 1. The number of nitrogens with zero attached hydrogens (tertiary/aromatic N) is 3. The van der Waals surface area contributed by atoms with E-state index in [0.717, 1.165) is 27.0 Å². The Bertz CT molecular complexity index is 930. The molecule has 8 heteroatoms. The lowest BCUT2D eigenvalue weighted by molar-refractivity contribution is 0.409. The molecule has 3 rings (SSSR count). The molecule has 0 saturated carbocycles. The molecule has 4 nitrogen and oxygen atoms in total. The molecule has 0 fully saturated rings. The van der Waals surface area contributed by atoms with Crippen LogP contribution in [-0.4, -0.2) is 12.1 Å². The number of thiazole rings is 1. The number of hydrogen-bond acceptors (Lipinski definition) is 5. The van der Waals surface area contributed by atoms with Crippen molar-refractivity contribution in [2.45, 2.75) is 6.54 Å². The van der Waals surface area contributed by atoms with E-state index in [4.69, 9.17) is 27.9 Å². The Kier molecular flexibility index (Phi) is 6.06. The first kappa shape index (κ1) is 18.3. The second kappa shape index (κ2) is 8.27. The number of rotatable bonds is 5. The average molecular weight is 457 g/mol. The fraction of sp³-hybridized carbons (Fsp3) is 0.118. The molecule has 2 aromatic carbocycles. The zero-order chi connectivity index (χ0) is 17.8. The van der Waals surface area contributed by atoms with Gasteiger partial charge in [0, 0.05) is 26.0 Å². The maximum Gasteiger partial charge on any atom is 0.230 e. The van der Waals surface area contributed by atoms with Crippen molar-refractivity contribution in [2.75, 3.05) is 7.11 Å². The summed E-state index contributed by atoms with van der Waals surface area (Å²) in [6.07, 6.45) is 0. The first-order valence-electron chi connectivity index (χ1n) is 7.17. The van der Waals surface area contributed by atoms with Crippen LogP contribution < -0.4 is 4.74 Å². The van der Waals surface area contributed by atoms with Gasteiger partial charge in [-0.05, 0) is 36.4 Å². The van der Waals surface area contributed by atoms with Gasteiger partial charge >= 0.3 is 0 Å². The zero-order valence-electron chi connectivity index (χ0n) is 13.0. The molecule has 0 atom stereocenters. The van der Waals surface area contributed by atoms with E-state index in [-0.39, 0.29) is 0 Å². The summed E-state index contributed by atoms with van der Waals surface area (Å²) in [5, 5.41) is 12.0. The van der Waals surface area contributed by atoms with Gasteiger partial charge in [-0.2, -0.15) is 5.11 Å². The van der Waals surface area contributed by atoms with Gasteiger partial charge in [0.1, 0.15) is 5.75 Å². The van der Waals surface area contributed by atoms with Gasteiger partial charge < -0.3 is 4.74 Å². The average Bonchev–Trinajstić information content (AvgIpc) is 3.03. The number of aromatic nitrogens is 1. The van der Waals surface area contributed by atoms with E-state index in [0.29, 0.717) is 21.7 Å². The normalized spacial score (nSPS) is 11.2. The molecular weight excluding hydrogens is 445 g/mol. The monoisotopic (exact) mass is 455 g/mol. The third kappa shape index (κ3) is 4.58. The van der Waals surface area contributed by atoms with Gasteiger partial charge in [0.2, 0.25) is 5.13 Å². The van der Waals surface area contributed by atoms with Crippen molar-refractivity contribution in [1.29, 1.82) is 0 Å². The van der Waals surface area contributed by atoms with Crippen molar-refractivity contribution in [3.05, 3.63) is 61.9 Å². The molecule has 25 heavy (non-hydrogen) atoms. The first-order chi connectivity index (χ1) is 12.1. The number of benzene rings is 2. The topological polar surface area (TPSA) is 46.8 Å².